The topological polar surface area (TPSA) is 55.0 Å². The summed E-state index contributed by atoms with van der Waals surface area (Å²) in [5.74, 6) is 0. The highest BCUT2D eigenvalue weighted by Gasteiger charge is 2.12. The zero-order valence-electron chi connectivity index (χ0n) is 8.80. The van der Waals surface area contributed by atoms with E-state index in [2.05, 4.69) is 6.07 Å². The zero-order valence-corrected chi connectivity index (χ0v) is 8.80. The highest BCUT2D eigenvalue weighted by Crippen LogP contribution is 2.19. The van der Waals surface area contributed by atoms with Gasteiger partial charge in [0.25, 0.3) is 0 Å². The van der Waals surface area contributed by atoms with Crippen molar-refractivity contribution in [3.05, 3.63) is 36.0 Å². The molecule has 0 spiro atoms. The van der Waals surface area contributed by atoms with Gasteiger partial charge in [-0.05, 0) is 19.1 Å². The number of ether oxygens (including phenoxy) is 1. The Morgan fingerprint density at radius 1 is 1.50 bits per heavy atom. The van der Waals surface area contributed by atoms with Gasteiger partial charge in [-0.3, -0.25) is 4.57 Å². The van der Waals surface area contributed by atoms with Gasteiger partial charge in [0, 0.05) is 11.6 Å². The van der Waals surface area contributed by atoms with E-state index in [1.165, 1.54) is 4.57 Å². The fraction of sp³-hybridized carbons (Fsp3) is 0.167. The maximum Gasteiger partial charge on any atom is 0.418 e. The average Bonchev–Trinajstić information content (AvgIpc) is 2.72. The Morgan fingerprint density at radius 3 is 3.00 bits per heavy atom. The second-order valence-corrected chi connectivity index (χ2v) is 3.24. The van der Waals surface area contributed by atoms with Crippen LogP contribution in [0.25, 0.3) is 10.9 Å². The molecule has 0 radical (unpaired) electrons. The van der Waals surface area contributed by atoms with Crippen LogP contribution in [0.5, 0.6) is 0 Å². The number of carbonyl (C=O) groups excluding carboxylic acids is 1. The molecule has 0 fully saturated rings. The van der Waals surface area contributed by atoms with Crippen LogP contribution in [0.1, 0.15) is 12.5 Å². The predicted octanol–water partition coefficient (Wildman–Crippen LogP) is 2.52. The van der Waals surface area contributed by atoms with E-state index in [9.17, 15) is 4.79 Å². The molecule has 0 aliphatic rings. The monoisotopic (exact) mass is 214 g/mol. The van der Waals surface area contributed by atoms with E-state index in [1.54, 1.807) is 31.3 Å². The van der Waals surface area contributed by atoms with Gasteiger partial charge in [0.15, 0.2) is 0 Å². The highest BCUT2D eigenvalue weighted by molar-refractivity contribution is 5.93. The lowest BCUT2D eigenvalue weighted by atomic mass is 10.1. The Bertz CT molecular complexity index is 578. The first kappa shape index (κ1) is 10.2. The minimum atomic E-state index is -0.458. The van der Waals surface area contributed by atoms with Crippen molar-refractivity contribution < 1.29 is 9.53 Å². The van der Waals surface area contributed by atoms with Crippen molar-refractivity contribution >= 4 is 17.0 Å². The summed E-state index contributed by atoms with van der Waals surface area (Å²) in [6.07, 6.45) is 1.16. The van der Waals surface area contributed by atoms with Crippen molar-refractivity contribution in [3.8, 4) is 6.07 Å². The number of rotatable bonds is 1. The van der Waals surface area contributed by atoms with E-state index in [4.69, 9.17) is 10.00 Å². The van der Waals surface area contributed by atoms with Crippen molar-refractivity contribution in [3.63, 3.8) is 0 Å². The molecule has 0 N–H and O–H groups in total. The van der Waals surface area contributed by atoms with E-state index >= 15 is 0 Å². The molecule has 0 bridgehead atoms. The van der Waals surface area contributed by atoms with Gasteiger partial charge in [-0.1, -0.05) is 12.1 Å². The van der Waals surface area contributed by atoms with Crippen LogP contribution in [0.15, 0.2) is 30.5 Å². The molecule has 80 valence electrons. The fourth-order valence-electron chi connectivity index (χ4n) is 1.63. The van der Waals surface area contributed by atoms with Crippen LogP contribution in [0, 0.1) is 11.3 Å². The smallest absolute Gasteiger partial charge is 0.418 e. The van der Waals surface area contributed by atoms with Crippen molar-refractivity contribution in [2.45, 2.75) is 6.92 Å². The molecule has 1 heterocycles. The number of nitrogens with zero attached hydrogens (tertiary/aromatic N) is 2. The Balaban J connectivity index is 2.63. The number of aromatic nitrogens is 1. The molecule has 0 atom stereocenters. The minimum Gasteiger partial charge on any atom is -0.449 e. The fourth-order valence-corrected chi connectivity index (χ4v) is 1.63. The predicted molar refractivity (Wildman–Crippen MR) is 59.1 cm³/mol. The first-order chi connectivity index (χ1) is 7.77. The van der Waals surface area contributed by atoms with Crippen molar-refractivity contribution in [2.75, 3.05) is 6.61 Å². The third-order valence-corrected chi connectivity index (χ3v) is 2.30. The normalized spacial score (nSPS) is 10.0. The molecule has 0 saturated heterocycles. The first-order valence-electron chi connectivity index (χ1n) is 4.95. The summed E-state index contributed by atoms with van der Waals surface area (Å²) in [5.41, 5.74) is 1.07. The van der Waals surface area contributed by atoms with Gasteiger partial charge in [0.05, 0.1) is 17.7 Å². The maximum absolute atomic E-state index is 11.6. The second-order valence-electron chi connectivity index (χ2n) is 3.24. The molecule has 0 aliphatic heterocycles. The molecule has 0 amide bonds. The Morgan fingerprint density at radius 2 is 2.31 bits per heavy atom. The van der Waals surface area contributed by atoms with Gasteiger partial charge in [-0.15, -0.1) is 0 Å². The maximum atomic E-state index is 11.6. The molecule has 0 unspecified atom stereocenters. The van der Waals surface area contributed by atoms with Crippen LogP contribution in [-0.4, -0.2) is 17.3 Å². The number of fused-ring (bicyclic) bond motifs is 1. The van der Waals surface area contributed by atoms with Crippen LogP contribution in [0.3, 0.4) is 0 Å². The average molecular weight is 214 g/mol. The summed E-state index contributed by atoms with van der Waals surface area (Å²) in [6.45, 7) is 2.06. The lowest BCUT2D eigenvalue weighted by molar-refractivity contribution is 0.155. The molecule has 1 aromatic heterocycles. The van der Waals surface area contributed by atoms with E-state index in [-0.39, 0.29) is 0 Å². The third-order valence-electron chi connectivity index (χ3n) is 2.30. The van der Waals surface area contributed by atoms with Crippen molar-refractivity contribution in [1.29, 1.82) is 5.26 Å². The molecule has 0 saturated carbocycles. The van der Waals surface area contributed by atoms with E-state index in [0.29, 0.717) is 17.7 Å². The summed E-state index contributed by atoms with van der Waals surface area (Å²) < 4.78 is 6.27. The van der Waals surface area contributed by atoms with Crippen molar-refractivity contribution in [1.82, 2.24) is 4.57 Å². The number of hydrogen-bond donors (Lipinski definition) is 0. The summed E-state index contributed by atoms with van der Waals surface area (Å²) in [4.78, 5) is 11.6. The minimum absolute atomic E-state index is 0.313. The number of carbonyl (C=O) groups is 1. The van der Waals surface area contributed by atoms with E-state index < -0.39 is 6.09 Å². The third kappa shape index (κ3) is 1.52. The quantitative estimate of drug-likeness (QED) is 0.732. The zero-order chi connectivity index (χ0) is 11.5. The Labute approximate surface area is 92.7 Å². The molecule has 1 aromatic carbocycles. The number of benzene rings is 1. The molecular weight excluding hydrogens is 204 g/mol. The van der Waals surface area contributed by atoms with Crippen LogP contribution < -0.4 is 0 Å². The van der Waals surface area contributed by atoms with Crippen LogP contribution in [-0.2, 0) is 4.74 Å². The number of hydrogen-bond acceptors (Lipinski definition) is 3. The van der Waals surface area contributed by atoms with E-state index in [1.807, 2.05) is 6.07 Å². The largest absolute Gasteiger partial charge is 0.449 e. The lowest BCUT2D eigenvalue weighted by Crippen LogP contribution is -2.12. The standard InChI is InChI=1S/C12H10N2O2/c1-2-16-12(15)14-7-6-9-4-3-5-10(8-13)11(9)14/h3-7H,2H2,1H3. The molecule has 4 nitrogen and oxygen atoms in total. The summed E-state index contributed by atoms with van der Waals surface area (Å²) in [5, 5.41) is 9.83. The summed E-state index contributed by atoms with van der Waals surface area (Å²) in [7, 11) is 0. The van der Waals surface area contributed by atoms with Crippen LogP contribution in [0.4, 0.5) is 4.79 Å². The van der Waals surface area contributed by atoms with Gasteiger partial charge < -0.3 is 4.74 Å². The Hall–Kier alpha value is -2.28. The molecule has 0 aliphatic carbocycles. The lowest BCUT2D eigenvalue weighted by Gasteiger charge is -2.04. The number of para-hydroxylation sites is 1. The van der Waals surface area contributed by atoms with Gasteiger partial charge in [0.2, 0.25) is 0 Å². The van der Waals surface area contributed by atoms with Gasteiger partial charge >= 0.3 is 6.09 Å². The highest BCUT2D eigenvalue weighted by atomic mass is 16.5. The van der Waals surface area contributed by atoms with Gasteiger partial charge in [-0.2, -0.15) is 5.26 Å². The van der Waals surface area contributed by atoms with Crippen molar-refractivity contribution in [2.24, 2.45) is 0 Å². The second kappa shape index (κ2) is 4.07. The Kier molecular flexibility index (Phi) is 2.61. The number of nitriles is 1. The summed E-state index contributed by atoms with van der Waals surface area (Å²) >= 11 is 0. The first-order valence-corrected chi connectivity index (χ1v) is 4.95. The van der Waals surface area contributed by atoms with Crippen LogP contribution >= 0.6 is 0 Å². The van der Waals surface area contributed by atoms with Gasteiger partial charge in [0.1, 0.15) is 6.07 Å². The van der Waals surface area contributed by atoms with Crippen LogP contribution in [0.2, 0.25) is 0 Å². The summed E-state index contributed by atoms with van der Waals surface area (Å²) in [6, 6.07) is 9.17. The molecule has 16 heavy (non-hydrogen) atoms. The molecule has 2 aromatic rings. The van der Waals surface area contributed by atoms with E-state index in [0.717, 1.165) is 5.39 Å². The molecular formula is C12H10N2O2. The molecule has 2 rings (SSSR count). The molecule has 4 heteroatoms. The SMILES string of the molecule is CCOC(=O)n1ccc2cccc(C#N)c21. The van der Waals surface area contributed by atoms with Gasteiger partial charge in [-0.25, -0.2) is 4.79 Å².